The van der Waals surface area contributed by atoms with Crippen LogP contribution in [0.3, 0.4) is 0 Å². The van der Waals surface area contributed by atoms with E-state index in [-0.39, 0.29) is 0 Å². The Morgan fingerprint density at radius 1 is 0.467 bits per heavy atom. The molecule has 0 saturated heterocycles. The molecule has 3 nitrogen and oxygen atoms in total. The molecular formula is C42H31N3. The zero-order valence-corrected chi connectivity index (χ0v) is 25.3. The topological polar surface area (TPSA) is 30.7 Å². The standard InChI is InChI=1S/C42H31N3/c1-28-15-13-24-34(32-20-14-21-33(27-32)45-37-25-11-9-22-35(37)36-23-10-12-26-38(36)45)39(28)41-29(2)40(30-16-5-3-6-17-30)43-42(44-41)31-18-7-4-8-19-31/h3-27H,1-2H3. The van der Waals surface area contributed by atoms with Gasteiger partial charge in [0.05, 0.1) is 22.4 Å². The van der Waals surface area contributed by atoms with Gasteiger partial charge >= 0.3 is 0 Å². The third kappa shape index (κ3) is 4.61. The minimum Gasteiger partial charge on any atom is -0.309 e. The van der Waals surface area contributed by atoms with Gasteiger partial charge in [0.25, 0.3) is 0 Å². The van der Waals surface area contributed by atoms with Crippen molar-refractivity contribution in [2.45, 2.75) is 13.8 Å². The van der Waals surface area contributed by atoms with E-state index in [0.717, 1.165) is 56.3 Å². The Labute approximate surface area is 263 Å². The molecule has 0 fully saturated rings. The van der Waals surface area contributed by atoms with Crippen LogP contribution in [0, 0.1) is 13.8 Å². The third-order valence-electron chi connectivity index (χ3n) is 8.73. The maximum atomic E-state index is 5.28. The first kappa shape index (κ1) is 26.8. The Bertz CT molecular complexity index is 2280. The lowest BCUT2D eigenvalue weighted by Crippen LogP contribution is -2.02. The van der Waals surface area contributed by atoms with Gasteiger partial charge in [0.2, 0.25) is 0 Å². The summed E-state index contributed by atoms with van der Waals surface area (Å²) in [6.45, 7) is 4.33. The summed E-state index contributed by atoms with van der Waals surface area (Å²) >= 11 is 0. The van der Waals surface area contributed by atoms with Gasteiger partial charge in [-0.3, -0.25) is 0 Å². The molecule has 0 N–H and O–H groups in total. The molecule has 0 spiro atoms. The van der Waals surface area contributed by atoms with Crippen LogP contribution in [0.25, 0.3) is 72.5 Å². The van der Waals surface area contributed by atoms with Crippen LogP contribution in [0.4, 0.5) is 0 Å². The SMILES string of the molecule is Cc1cccc(-c2cccc(-n3c4ccccc4c4ccccc43)c2)c1-c1nc(-c2ccccc2)nc(-c2ccccc2)c1C. The van der Waals surface area contributed by atoms with E-state index in [0.29, 0.717) is 0 Å². The van der Waals surface area contributed by atoms with Gasteiger partial charge in [0.1, 0.15) is 0 Å². The number of hydrogen-bond acceptors (Lipinski definition) is 2. The van der Waals surface area contributed by atoms with Crippen molar-refractivity contribution < 1.29 is 0 Å². The highest BCUT2D eigenvalue weighted by Crippen LogP contribution is 2.40. The lowest BCUT2D eigenvalue weighted by Gasteiger charge is -2.19. The Kier molecular flexibility index (Phi) is 6.57. The Balaban J connectivity index is 1.36. The summed E-state index contributed by atoms with van der Waals surface area (Å²) in [7, 11) is 0. The first-order valence-corrected chi connectivity index (χ1v) is 15.4. The number of para-hydroxylation sites is 2. The summed E-state index contributed by atoms with van der Waals surface area (Å²) < 4.78 is 2.38. The largest absolute Gasteiger partial charge is 0.309 e. The zero-order chi connectivity index (χ0) is 30.3. The van der Waals surface area contributed by atoms with E-state index >= 15 is 0 Å². The number of benzene rings is 6. The van der Waals surface area contributed by atoms with Crippen LogP contribution in [0.15, 0.2) is 152 Å². The monoisotopic (exact) mass is 577 g/mol. The summed E-state index contributed by atoms with van der Waals surface area (Å²) in [5.41, 5.74) is 13.2. The zero-order valence-electron chi connectivity index (χ0n) is 25.3. The van der Waals surface area contributed by atoms with Gasteiger partial charge in [0, 0.05) is 38.7 Å². The Morgan fingerprint density at radius 3 is 1.71 bits per heavy atom. The highest BCUT2D eigenvalue weighted by atomic mass is 15.0. The second kappa shape index (κ2) is 11.0. The van der Waals surface area contributed by atoms with E-state index in [1.807, 2.05) is 24.3 Å². The first-order valence-electron chi connectivity index (χ1n) is 15.4. The summed E-state index contributed by atoms with van der Waals surface area (Å²) in [4.78, 5) is 10.4. The number of rotatable bonds is 5. The van der Waals surface area contributed by atoms with Gasteiger partial charge in [-0.25, -0.2) is 9.97 Å². The number of aryl methyl sites for hydroxylation is 1. The van der Waals surface area contributed by atoms with Crippen molar-refractivity contribution in [3.8, 4) is 50.7 Å². The van der Waals surface area contributed by atoms with E-state index < -0.39 is 0 Å². The highest BCUT2D eigenvalue weighted by molar-refractivity contribution is 6.09. The third-order valence-corrected chi connectivity index (χ3v) is 8.73. The number of aromatic nitrogens is 3. The van der Waals surface area contributed by atoms with Crippen LogP contribution in [-0.4, -0.2) is 14.5 Å². The Morgan fingerprint density at radius 2 is 1.02 bits per heavy atom. The number of hydrogen-bond donors (Lipinski definition) is 0. The number of fused-ring (bicyclic) bond motifs is 3. The van der Waals surface area contributed by atoms with Crippen LogP contribution in [0.1, 0.15) is 11.1 Å². The quantitative estimate of drug-likeness (QED) is 0.204. The molecule has 8 rings (SSSR count). The van der Waals surface area contributed by atoms with Crippen molar-refractivity contribution >= 4 is 21.8 Å². The molecule has 0 bridgehead atoms. The van der Waals surface area contributed by atoms with Crippen LogP contribution < -0.4 is 0 Å². The summed E-state index contributed by atoms with van der Waals surface area (Å²) in [5.74, 6) is 0.725. The molecular weight excluding hydrogens is 546 g/mol. The molecule has 2 heterocycles. The first-order chi connectivity index (χ1) is 22.2. The minimum absolute atomic E-state index is 0.725. The normalized spacial score (nSPS) is 11.3. The Hall–Kier alpha value is -5.80. The lowest BCUT2D eigenvalue weighted by atomic mass is 9.90. The van der Waals surface area contributed by atoms with E-state index in [2.05, 4.69) is 146 Å². The van der Waals surface area contributed by atoms with Crippen molar-refractivity contribution in [3.63, 3.8) is 0 Å². The van der Waals surface area contributed by atoms with Crippen molar-refractivity contribution in [2.75, 3.05) is 0 Å². The molecule has 0 saturated carbocycles. The molecule has 214 valence electrons. The molecule has 0 amide bonds. The summed E-state index contributed by atoms with van der Waals surface area (Å²) in [6, 6.07) is 53.5. The summed E-state index contributed by atoms with van der Waals surface area (Å²) in [6.07, 6.45) is 0. The van der Waals surface area contributed by atoms with E-state index in [1.165, 1.54) is 27.4 Å². The average molecular weight is 578 g/mol. The second-order valence-corrected chi connectivity index (χ2v) is 11.5. The van der Waals surface area contributed by atoms with E-state index in [1.54, 1.807) is 0 Å². The molecule has 0 unspecified atom stereocenters. The molecule has 0 aliphatic carbocycles. The van der Waals surface area contributed by atoms with Crippen molar-refractivity contribution in [1.82, 2.24) is 14.5 Å². The van der Waals surface area contributed by atoms with E-state index in [4.69, 9.17) is 9.97 Å². The van der Waals surface area contributed by atoms with Crippen LogP contribution in [0.5, 0.6) is 0 Å². The lowest BCUT2D eigenvalue weighted by molar-refractivity contribution is 1.14. The maximum Gasteiger partial charge on any atom is 0.160 e. The van der Waals surface area contributed by atoms with Gasteiger partial charge in [-0.1, -0.05) is 127 Å². The van der Waals surface area contributed by atoms with Gasteiger partial charge in [-0.15, -0.1) is 0 Å². The second-order valence-electron chi connectivity index (χ2n) is 11.5. The molecule has 0 atom stereocenters. The van der Waals surface area contributed by atoms with Crippen molar-refractivity contribution in [3.05, 3.63) is 163 Å². The van der Waals surface area contributed by atoms with Gasteiger partial charge in [-0.2, -0.15) is 0 Å². The fourth-order valence-electron chi connectivity index (χ4n) is 6.59. The van der Waals surface area contributed by atoms with Crippen LogP contribution >= 0.6 is 0 Å². The van der Waals surface area contributed by atoms with Crippen LogP contribution in [-0.2, 0) is 0 Å². The van der Waals surface area contributed by atoms with Gasteiger partial charge < -0.3 is 4.57 Å². The molecule has 0 radical (unpaired) electrons. The van der Waals surface area contributed by atoms with Crippen LogP contribution in [0.2, 0.25) is 0 Å². The van der Waals surface area contributed by atoms with Crippen molar-refractivity contribution in [2.24, 2.45) is 0 Å². The fourth-order valence-corrected chi connectivity index (χ4v) is 6.59. The van der Waals surface area contributed by atoms with Gasteiger partial charge in [0.15, 0.2) is 5.82 Å². The predicted molar refractivity (Wildman–Crippen MR) is 188 cm³/mol. The molecule has 2 aromatic heterocycles. The molecule has 8 aromatic rings. The smallest absolute Gasteiger partial charge is 0.160 e. The van der Waals surface area contributed by atoms with Crippen molar-refractivity contribution in [1.29, 1.82) is 0 Å². The molecule has 6 aromatic carbocycles. The van der Waals surface area contributed by atoms with E-state index in [9.17, 15) is 0 Å². The molecule has 45 heavy (non-hydrogen) atoms. The predicted octanol–water partition coefficient (Wildman–Crippen LogP) is 10.9. The number of nitrogens with zero attached hydrogens (tertiary/aromatic N) is 3. The summed E-state index contributed by atoms with van der Waals surface area (Å²) in [5, 5.41) is 2.52. The average Bonchev–Trinajstić information content (AvgIpc) is 3.44. The molecule has 0 aliphatic heterocycles. The maximum absolute atomic E-state index is 5.28. The minimum atomic E-state index is 0.725. The fraction of sp³-hybridized carbons (Fsp3) is 0.0476. The van der Waals surface area contributed by atoms with Gasteiger partial charge in [-0.05, 0) is 54.8 Å². The molecule has 0 aliphatic rings. The molecule has 3 heteroatoms. The highest BCUT2D eigenvalue weighted by Gasteiger charge is 2.20.